The molecule has 1 aliphatic heterocycles. The number of carbonyl (C=O) groups excluding carboxylic acids is 1. The van der Waals surface area contributed by atoms with E-state index in [-0.39, 0.29) is 5.91 Å². The average Bonchev–Trinajstić information content (AvgIpc) is 3.30. The number of nitrogens with one attached hydrogen (secondary N) is 2. The topological polar surface area (TPSA) is 70.2 Å². The van der Waals surface area contributed by atoms with Gasteiger partial charge in [0.15, 0.2) is 5.82 Å². The number of aromatic nitrogens is 2. The van der Waals surface area contributed by atoms with E-state index in [1.54, 1.807) is 29.7 Å². The van der Waals surface area contributed by atoms with Crippen molar-refractivity contribution in [2.24, 2.45) is 0 Å². The Labute approximate surface area is 208 Å². The number of allylic oxidation sites excluding steroid dienone is 3. The second-order valence-electron chi connectivity index (χ2n) is 8.24. The van der Waals surface area contributed by atoms with Crippen LogP contribution in [0.25, 0.3) is 31.6 Å². The Hall–Kier alpha value is -3.81. The van der Waals surface area contributed by atoms with Crippen molar-refractivity contribution < 1.29 is 4.79 Å². The van der Waals surface area contributed by atoms with Crippen LogP contribution in [0, 0.1) is 0 Å². The summed E-state index contributed by atoms with van der Waals surface area (Å²) in [6, 6.07) is 16.1. The third-order valence-corrected chi connectivity index (χ3v) is 7.26. The van der Waals surface area contributed by atoms with Crippen LogP contribution in [-0.4, -0.2) is 47.0 Å². The summed E-state index contributed by atoms with van der Waals surface area (Å²) >= 11 is 1.72. The van der Waals surface area contributed by atoms with Gasteiger partial charge in [0.2, 0.25) is 0 Å². The second kappa shape index (κ2) is 10.2. The molecule has 35 heavy (non-hydrogen) atoms. The predicted molar refractivity (Wildman–Crippen MR) is 144 cm³/mol. The van der Waals surface area contributed by atoms with Crippen LogP contribution in [0.4, 0.5) is 0 Å². The molecule has 3 heterocycles. The van der Waals surface area contributed by atoms with Gasteiger partial charge in [0.05, 0.1) is 11.4 Å². The van der Waals surface area contributed by atoms with Crippen LogP contribution in [0.3, 0.4) is 0 Å². The van der Waals surface area contributed by atoms with E-state index >= 15 is 0 Å². The quantitative estimate of drug-likeness (QED) is 0.374. The number of carbonyl (C=O) groups is 1. The number of hydrogen-bond donors (Lipinski definition) is 2. The molecule has 1 aliphatic rings. The van der Waals surface area contributed by atoms with Crippen molar-refractivity contribution in [1.82, 2.24) is 25.5 Å². The summed E-state index contributed by atoms with van der Waals surface area (Å²) in [6.07, 6.45) is 7.32. The summed E-state index contributed by atoms with van der Waals surface area (Å²) in [6.45, 7) is 9.45. The molecule has 1 fully saturated rings. The molecule has 176 valence electrons. The Kier molecular flexibility index (Phi) is 6.70. The van der Waals surface area contributed by atoms with Crippen molar-refractivity contribution in [2.75, 3.05) is 26.2 Å². The van der Waals surface area contributed by atoms with Crippen molar-refractivity contribution in [3.05, 3.63) is 96.6 Å². The molecule has 0 atom stereocenters. The molecule has 4 aromatic rings. The fourth-order valence-electron chi connectivity index (χ4n) is 4.37. The third-order valence-electron chi connectivity index (χ3n) is 6.04. The molecule has 5 rings (SSSR count). The SMILES string of the molecule is C=C/C(NC(=O)c1ccnc(-c2cccc3c2sc2ccccc23)n1)=C(\C=C/C)N1CCNCC1. The van der Waals surface area contributed by atoms with Crippen LogP contribution in [0.1, 0.15) is 17.4 Å². The number of fused-ring (bicyclic) bond motifs is 3. The summed E-state index contributed by atoms with van der Waals surface area (Å²) in [7, 11) is 0. The van der Waals surface area contributed by atoms with E-state index in [9.17, 15) is 4.79 Å². The molecule has 0 saturated carbocycles. The maximum Gasteiger partial charge on any atom is 0.274 e. The van der Waals surface area contributed by atoms with Crippen LogP contribution in [-0.2, 0) is 0 Å². The maximum absolute atomic E-state index is 13.3. The van der Waals surface area contributed by atoms with Crippen LogP contribution >= 0.6 is 11.3 Å². The molecule has 6 nitrogen and oxygen atoms in total. The Morgan fingerprint density at radius 2 is 1.91 bits per heavy atom. The standard InChI is InChI=1S/C28H27N5OS/c1-3-8-24(33-17-15-29-16-18-33)22(4-2)32-28(34)23-13-14-30-27(31-23)21-11-7-10-20-19-9-5-6-12-25(19)35-26(20)21/h3-14,29H,2,15-18H2,1H3,(H,32,34)/b8-3-,24-22-. The number of thiophene rings is 1. The Morgan fingerprint density at radius 1 is 1.11 bits per heavy atom. The molecule has 0 unspecified atom stereocenters. The molecule has 2 N–H and O–H groups in total. The van der Waals surface area contributed by atoms with E-state index in [1.807, 2.05) is 37.3 Å². The molecule has 0 spiro atoms. The summed E-state index contributed by atoms with van der Waals surface area (Å²) in [4.78, 5) is 24.7. The summed E-state index contributed by atoms with van der Waals surface area (Å²) in [5, 5.41) is 8.77. The minimum atomic E-state index is -0.288. The normalized spacial score (nSPS) is 14.9. The van der Waals surface area contributed by atoms with Gasteiger partial charge in [0, 0.05) is 58.1 Å². The van der Waals surface area contributed by atoms with E-state index < -0.39 is 0 Å². The summed E-state index contributed by atoms with van der Waals surface area (Å²) in [5.41, 5.74) is 2.85. The summed E-state index contributed by atoms with van der Waals surface area (Å²) < 4.78 is 2.33. The number of amides is 1. The zero-order valence-corrected chi connectivity index (χ0v) is 20.4. The van der Waals surface area contributed by atoms with E-state index in [0.29, 0.717) is 17.2 Å². The number of rotatable bonds is 6. The fourth-order valence-corrected chi connectivity index (χ4v) is 5.59. The maximum atomic E-state index is 13.3. The van der Waals surface area contributed by atoms with E-state index in [0.717, 1.165) is 42.1 Å². The molecular weight excluding hydrogens is 454 g/mol. The first-order valence-electron chi connectivity index (χ1n) is 11.7. The zero-order valence-electron chi connectivity index (χ0n) is 19.6. The lowest BCUT2D eigenvalue weighted by atomic mass is 10.1. The predicted octanol–water partition coefficient (Wildman–Crippen LogP) is 5.12. The van der Waals surface area contributed by atoms with Crippen LogP contribution in [0.5, 0.6) is 0 Å². The number of nitrogens with zero attached hydrogens (tertiary/aromatic N) is 3. The van der Waals surface area contributed by atoms with Crippen LogP contribution < -0.4 is 10.6 Å². The van der Waals surface area contributed by atoms with Crippen molar-refractivity contribution >= 4 is 37.4 Å². The Morgan fingerprint density at radius 3 is 2.71 bits per heavy atom. The molecule has 0 bridgehead atoms. The van der Waals surface area contributed by atoms with Gasteiger partial charge in [0.25, 0.3) is 5.91 Å². The number of piperazine rings is 1. The molecule has 1 saturated heterocycles. The first-order valence-corrected chi connectivity index (χ1v) is 12.5. The largest absolute Gasteiger partial charge is 0.367 e. The van der Waals surface area contributed by atoms with Gasteiger partial charge in [-0.05, 0) is 37.3 Å². The lowest BCUT2D eigenvalue weighted by Gasteiger charge is -2.31. The molecular formula is C28H27N5OS. The van der Waals surface area contributed by atoms with Crippen molar-refractivity contribution in [3.63, 3.8) is 0 Å². The molecule has 1 amide bonds. The summed E-state index contributed by atoms with van der Waals surface area (Å²) in [5.74, 6) is 0.249. The van der Waals surface area contributed by atoms with Gasteiger partial charge in [0.1, 0.15) is 5.69 Å². The Bertz CT molecular complexity index is 1460. The molecule has 0 aliphatic carbocycles. The first kappa shape index (κ1) is 23.0. The van der Waals surface area contributed by atoms with Crippen molar-refractivity contribution in [1.29, 1.82) is 0 Å². The molecule has 2 aromatic carbocycles. The van der Waals surface area contributed by atoms with Gasteiger partial charge < -0.3 is 15.5 Å². The Balaban J connectivity index is 1.49. The van der Waals surface area contributed by atoms with Crippen molar-refractivity contribution in [3.8, 4) is 11.4 Å². The van der Waals surface area contributed by atoms with Crippen molar-refractivity contribution in [2.45, 2.75) is 6.92 Å². The zero-order chi connectivity index (χ0) is 24.2. The molecule has 7 heteroatoms. The van der Waals surface area contributed by atoms with Gasteiger partial charge in [-0.15, -0.1) is 11.3 Å². The van der Waals surface area contributed by atoms with Gasteiger partial charge in [-0.1, -0.05) is 43.0 Å². The number of benzene rings is 2. The minimum absolute atomic E-state index is 0.288. The highest BCUT2D eigenvalue weighted by Crippen LogP contribution is 2.38. The third kappa shape index (κ3) is 4.60. The highest BCUT2D eigenvalue weighted by Gasteiger charge is 2.18. The first-order chi connectivity index (χ1) is 17.2. The lowest BCUT2D eigenvalue weighted by Crippen LogP contribution is -2.43. The van der Waals surface area contributed by atoms with E-state index in [2.05, 4.69) is 56.3 Å². The lowest BCUT2D eigenvalue weighted by molar-refractivity contribution is 0.0961. The van der Waals surface area contributed by atoms with Gasteiger partial charge in [-0.3, -0.25) is 4.79 Å². The molecule has 0 radical (unpaired) electrons. The van der Waals surface area contributed by atoms with Gasteiger partial charge in [-0.2, -0.15) is 0 Å². The average molecular weight is 482 g/mol. The van der Waals surface area contributed by atoms with Gasteiger partial charge >= 0.3 is 0 Å². The minimum Gasteiger partial charge on any atom is -0.367 e. The number of hydrogen-bond acceptors (Lipinski definition) is 6. The monoisotopic (exact) mass is 481 g/mol. The van der Waals surface area contributed by atoms with Crippen LogP contribution in [0.15, 0.2) is 90.9 Å². The molecule has 2 aromatic heterocycles. The van der Waals surface area contributed by atoms with E-state index in [1.165, 1.54) is 15.5 Å². The second-order valence-corrected chi connectivity index (χ2v) is 9.29. The smallest absolute Gasteiger partial charge is 0.274 e. The fraction of sp³-hybridized carbons (Fsp3) is 0.179. The highest BCUT2D eigenvalue weighted by molar-refractivity contribution is 7.26. The van der Waals surface area contributed by atoms with Gasteiger partial charge in [-0.25, -0.2) is 9.97 Å². The van der Waals surface area contributed by atoms with E-state index in [4.69, 9.17) is 0 Å². The van der Waals surface area contributed by atoms with Crippen LogP contribution in [0.2, 0.25) is 0 Å². The highest BCUT2D eigenvalue weighted by atomic mass is 32.1.